The second kappa shape index (κ2) is 8.98. The minimum Gasteiger partial charge on any atom is -0.465 e. The first kappa shape index (κ1) is 20.9. The summed E-state index contributed by atoms with van der Waals surface area (Å²) in [4.78, 5) is 22.6. The molecule has 0 bridgehead atoms. The van der Waals surface area contributed by atoms with Crippen LogP contribution < -0.4 is 0 Å². The van der Waals surface area contributed by atoms with E-state index in [0.29, 0.717) is 0 Å². The Kier molecular flexibility index (Phi) is 6.70. The van der Waals surface area contributed by atoms with Crippen molar-refractivity contribution in [3.8, 4) is 0 Å². The van der Waals surface area contributed by atoms with Crippen molar-refractivity contribution in [2.24, 2.45) is 0 Å². The molecule has 0 aliphatic rings. The first-order chi connectivity index (χ1) is 13.3. The van der Waals surface area contributed by atoms with Crippen molar-refractivity contribution in [3.63, 3.8) is 0 Å². The van der Waals surface area contributed by atoms with E-state index in [0.717, 1.165) is 62.8 Å². The van der Waals surface area contributed by atoms with Crippen molar-refractivity contribution in [2.45, 2.75) is 0 Å². The molecule has 0 fully saturated rings. The standard InChI is InChI=1S/C20H14F4O4/c1-27-19(25)13-7-3-11(4-8-13)15(21)17(23)18(24)16(22)12-5-9-14(10-6-12)20(26)28-2/h3-10H,1-2H3/b17-15+,18-16+. The molecule has 0 unspecified atom stereocenters. The highest BCUT2D eigenvalue weighted by Gasteiger charge is 2.20. The number of allylic oxidation sites excluding steroid dienone is 2. The summed E-state index contributed by atoms with van der Waals surface area (Å²) in [5.74, 6) is -8.75. The predicted octanol–water partition coefficient (Wildman–Crippen LogP) is 5.18. The van der Waals surface area contributed by atoms with E-state index in [9.17, 15) is 27.2 Å². The quantitative estimate of drug-likeness (QED) is 0.399. The van der Waals surface area contributed by atoms with E-state index in [1.807, 2.05) is 0 Å². The van der Waals surface area contributed by atoms with Crippen LogP contribution in [0.5, 0.6) is 0 Å². The van der Waals surface area contributed by atoms with Gasteiger partial charge >= 0.3 is 11.9 Å². The van der Waals surface area contributed by atoms with Gasteiger partial charge in [0.1, 0.15) is 0 Å². The summed E-state index contributed by atoms with van der Waals surface area (Å²) in [6.45, 7) is 0. The highest BCUT2D eigenvalue weighted by atomic mass is 19.2. The fourth-order valence-corrected chi connectivity index (χ4v) is 2.19. The highest BCUT2D eigenvalue weighted by Crippen LogP contribution is 2.33. The van der Waals surface area contributed by atoms with E-state index >= 15 is 0 Å². The number of halogens is 4. The van der Waals surface area contributed by atoms with Crippen molar-refractivity contribution in [2.75, 3.05) is 14.2 Å². The molecule has 0 atom stereocenters. The SMILES string of the molecule is COC(=O)c1ccc(/C(F)=C(F)/C(F)=C(\F)c2ccc(C(=O)OC)cc2)cc1. The van der Waals surface area contributed by atoms with Crippen molar-refractivity contribution in [3.05, 3.63) is 82.4 Å². The molecule has 146 valence electrons. The maximum absolute atomic E-state index is 14.2. The monoisotopic (exact) mass is 394 g/mol. The van der Waals surface area contributed by atoms with E-state index in [1.165, 1.54) is 0 Å². The highest BCUT2D eigenvalue weighted by molar-refractivity contribution is 5.90. The van der Waals surface area contributed by atoms with Crippen LogP contribution in [0.25, 0.3) is 11.7 Å². The lowest BCUT2D eigenvalue weighted by atomic mass is 10.1. The first-order valence-electron chi connectivity index (χ1n) is 7.78. The van der Waals surface area contributed by atoms with Gasteiger partial charge in [0.25, 0.3) is 0 Å². The summed E-state index contributed by atoms with van der Waals surface area (Å²) in [6, 6.07) is 8.70. The lowest BCUT2D eigenvalue weighted by Crippen LogP contribution is -2.01. The van der Waals surface area contributed by atoms with Crippen LogP contribution >= 0.6 is 0 Å². The van der Waals surface area contributed by atoms with E-state index in [2.05, 4.69) is 9.47 Å². The molecule has 0 N–H and O–H groups in total. The Morgan fingerprint density at radius 2 is 0.821 bits per heavy atom. The Balaban J connectivity index is 2.35. The average molecular weight is 394 g/mol. The molecule has 2 aromatic rings. The second-order valence-electron chi connectivity index (χ2n) is 5.39. The average Bonchev–Trinajstić information content (AvgIpc) is 2.76. The van der Waals surface area contributed by atoms with Gasteiger partial charge in [-0.2, -0.15) is 0 Å². The van der Waals surface area contributed by atoms with Gasteiger partial charge in [-0.15, -0.1) is 0 Å². The van der Waals surface area contributed by atoms with Gasteiger partial charge in [-0.05, 0) is 24.3 Å². The molecule has 0 saturated heterocycles. The van der Waals surface area contributed by atoms with Gasteiger partial charge in [0.15, 0.2) is 23.3 Å². The summed E-state index contributed by atoms with van der Waals surface area (Å²) < 4.78 is 65.4. The topological polar surface area (TPSA) is 52.6 Å². The van der Waals surface area contributed by atoms with E-state index in [1.54, 1.807) is 0 Å². The molecule has 8 heteroatoms. The molecule has 4 nitrogen and oxygen atoms in total. The number of hydrogen-bond acceptors (Lipinski definition) is 4. The van der Waals surface area contributed by atoms with Crippen molar-refractivity contribution >= 4 is 23.6 Å². The van der Waals surface area contributed by atoms with Crippen LogP contribution in [0, 0.1) is 0 Å². The normalized spacial score (nSPS) is 12.6. The number of esters is 2. The third kappa shape index (κ3) is 4.46. The van der Waals surface area contributed by atoms with Gasteiger partial charge in [0.05, 0.1) is 25.3 Å². The smallest absolute Gasteiger partial charge is 0.337 e. The summed E-state index contributed by atoms with van der Waals surface area (Å²) in [5, 5.41) is 0. The third-order valence-electron chi connectivity index (χ3n) is 3.70. The third-order valence-corrected chi connectivity index (χ3v) is 3.70. The van der Waals surface area contributed by atoms with Gasteiger partial charge in [0.2, 0.25) is 0 Å². The lowest BCUT2D eigenvalue weighted by Gasteiger charge is -2.05. The number of hydrogen-bond donors (Lipinski definition) is 0. The van der Waals surface area contributed by atoms with Crippen molar-refractivity contribution < 1.29 is 36.6 Å². The van der Waals surface area contributed by atoms with Crippen LogP contribution in [0.1, 0.15) is 31.8 Å². The number of carbonyl (C=O) groups excluding carboxylic acids is 2. The Hall–Kier alpha value is -3.42. The Bertz CT molecular complexity index is 866. The van der Waals surface area contributed by atoms with Gasteiger partial charge < -0.3 is 9.47 Å². The molecule has 0 heterocycles. The van der Waals surface area contributed by atoms with Crippen molar-refractivity contribution in [1.29, 1.82) is 0 Å². The number of methoxy groups -OCH3 is 2. The first-order valence-corrected chi connectivity index (χ1v) is 7.78. The molecular weight excluding hydrogens is 380 g/mol. The molecule has 2 rings (SSSR count). The predicted molar refractivity (Wildman–Crippen MR) is 93.8 cm³/mol. The van der Waals surface area contributed by atoms with Crippen LogP contribution in [0.4, 0.5) is 17.6 Å². The zero-order valence-corrected chi connectivity index (χ0v) is 14.8. The van der Waals surface area contributed by atoms with Crippen LogP contribution in [-0.2, 0) is 9.47 Å². The molecule has 0 saturated carbocycles. The van der Waals surface area contributed by atoms with Gasteiger partial charge in [-0.25, -0.2) is 27.2 Å². The summed E-state index contributed by atoms with van der Waals surface area (Å²) in [5.41, 5.74) is -0.636. The van der Waals surface area contributed by atoms with Crippen LogP contribution in [0.3, 0.4) is 0 Å². The fourth-order valence-electron chi connectivity index (χ4n) is 2.19. The number of benzene rings is 2. The minimum atomic E-state index is -2.04. The zero-order chi connectivity index (χ0) is 20.8. The largest absolute Gasteiger partial charge is 0.465 e. The maximum Gasteiger partial charge on any atom is 0.337 e. The second-order valence-corrected chi connectivity index (χ2v) is 5.39. The van der Waals surface area contributed by atoms with E-state index in [-0.39, 0.29) is 11.1 Å². The van der Waals surface area contributed by atoms with E-state index in [4.69, 9.17) is 0 Å². The van der Waals surface area contributed by atoms with Gasteiger partial charge in [-0.1, -0.05) is 24.3 Å². The molecule has 0 aliphatic carbocycles. The molecule has 28 heavy (non-hydrogen) atoms. The van der Waals surface area contributed by atoms with Crippen LogP contribution in [0.2, 0.25) is 0 Å². The zero-order valence-electron chi connectivity index (χ0n) is 14.8. The Morgan fingerprint density at radius 3 is 1.07 bits per heavy atom. The minimum absolute atomic E-state index is 0.0762. The van der Waals surface area contributed by atoms with Crippen LogP contribution in [-0.4, -0.2) is 26.2 Å². The van der Waals surface area contributed by atoms with Crippen molar-refractivity contribution in [1.82, 2.24) is 0 Å². The molecule has 0 spiro atoms. The molecule has 0 aromatic heterocycles. The maximum atomic E-state index is 14.2. The lowest BCUT2D eigenvalue weighted by molar-refractivity contribution is 0.0592. The summed E-state index contributed by atoms with van der Waals surface area (Å²) >= 11 is 0. The van der Waals surface area contributed by atoms with Gasteiger partial charge in [-0.3, -0.25) is 0 Å². The Labute approximate surface area is 157 Å². The van der Waals surface area contributed by atoms with Crippen LogP contribution in [0.15, 0.2) is 60.2 Å². The number of rotatable bonds is 5. The molecule has 2 aromatic carbocycles. The summed E-state index contributed by atoms with van der Waals surface area (Å²) in [6.07, 6.45) is 0. The molecular formula is C20H14F4O4. The Morgan fingerprint density at radius 1 is 0.571 bits per heavy atom. The molecule has 0 amide bonds. The number of carbonyl (C=O) groups is 2. The summed E-state index contributed by atoms with van der Waals surface area (Å²) in [7, 11) is 2.30. The molecule has 0 aliphatic heterocycles. The fraction of sp³-hybridized carbons (Fsp3) is 0.100. The van der Waals surface area contributed by atoms with Gasteiger partial charge in [0, 0.05) is 11.1 Å². The molecule has 0 radical (unpaired) electrons. The van der Waals surface area contributed by atoms with E-state index < -0.39 is 46.4 Å². The number of ether oxygens (including phenoxy) is 2.